The Bertz CT molecular complexity index is 754. The van der Waals surface area contributed by atoms with Gasteiger partial charge in [0.25, 0.3) is 0 Å². The predicted octanol–water partition coefficient (Wildman–Crippen LogP) is 3.69. The molecule has 1 amide bonds. The fraction of sp³-hybridized carbons (Fsp3) is 0.316. The molecule has 0 bridgehead atoms. The second kappa shape index (κ2) is 7.34. The van der Waals surface area contributed by atoms with E-state index < -0.39 is 17.5 Å². The minimum absolute atomic E-state index is 0.0416. The molecule has 1 aromatic carbocycles. The minimum atomic E-state index is -0.951. The summed E-state index contributed by atoms with van der Waals surface area (Å²) < 4.78 is 10.0. The molecule has 132 valence electrons. The van der Waals surface area contributed by atoms with Gasteiger partial charge in [-0.05, 0) is 43.3 Å². The summed E-state index contributed by atoms with van der Waals surface area (Å²) in [5.74, 6) is -1.11. The lowest BCUT2D eigenvalue weighted by Crippen LogP contribution is -2.27. The first-order valence-electron chi connectivity index (χ1n) is 7.88. The molecule has 0 aliphatic rings. The first-order chi connectivity index (χ1) is 11.7. The van der Waals surface area contributed by atoms with Crippen LogP contribution in [0.5, 0.6) is 0 Å². The number of hydrogen-bond acceptors (Lipinski definition) is 5. The number of Topliss-reactive ketones (excluding diaryl/α,β-unsaturated/α-hetero) is 1. The summed E-state index contributed by atoms with van der Waals surface area (Å²) in [6.07, 6.45) is 0.404. The van der Waals surface area contributed by atoms with Crippen LogP contribution in [0.25, 0.3) is 0 Å². The van der Waals surface area contributed by atoms with Gasteiger partial charge in [-0.15, -0.1) is 0 Å². The molecular formula is C19H21NO5. The van der Waals surface area contributed by atoms with E-state index in [0.29, 0.717) is 11.3 Å². The fourth-order valence-electron chi connectivity index (χ4n) is 1.94. The molecule has 2 aromatic rings. The molecule has 2 rings (SSSR count). The van der Waals surface area contributed by atoms with E-state index in [1.54, 1.807) is 30.3 Å². The Kier molecular flexibility index (Phi) is 5.41. The Morgan fingerprint density at radius 2 is 1.72 bits per heavy atom. The summed E-state index contributed by atoms with van der Waals surface area (Å²) in [7, 11) is 0. The summed E-state index contributed by atoms with van der Waals surface area (Å²) in [5, 5.41) is 2.78. The van der Waals surface area contributed by atoms with Crippen molar-refractivity contribution >= 4 is 23.3 Å². The van der Waals surface area contributed by atoms with E-state index in [1.165, 1.54) is 19.3 Å². The van der Waals surface area contributed by atoms with Crippen LogP contribution in [0.15, 0.2) is 47.1 Å². The highest BCUT2D eigenvalue weighted by Crippen LogP contribution is 2.18. The molecule has 0 saturated carbocycles. The Morgan fingerprint density at radius 1 is 1.08 bits per heavy atom. The average molecular weight is 343 g/mol. The smallest absolute Gasteiger partial charge is 0.374 e. The van der Waals surface area contributed by atoms with Crippen LogP contribution in [-0.2, 0) is 9.53 Å². The topological polar surface area (TPSA) is 85.6 Å². The number of anilines is 1. The quantitative estimate of drug-likeness (QED) is 0.661. The highest BCUT2D eigenvalue weighted by Gasteiger charge is 2.23. The number of esters is 1. The number of benzene rings is 1. The van der Waals surface area contributed by atoms with Crippen LogP contribution in [0, 0.1) is 5.41 Å². The number of hydrogen-bond donors (Lipinski definition) is 1. The molecular weight excluding hydrogens is 322 g/mol. The Hall–Kier alpha value is -2.89. The average Bonchev–Trinajstić information content (AvgIpc) is 3.08. The maximum absolute atomic E-state index is 12.3. The van der Waals surface area contributed by atoms with Crippen LogP contribution in [0.1, 0.15) is 48.6 Å². The van der Waals surface area contributed by atoms with E-state index in [0.717, 1.165) is 0 Å². The van der Waals surface area contributed by atoms with Gasteiger partial charge in [0, 0.05) is 16.7 Å². The summed E-state index contributed by atoms with van der Waals surface area (Å²) in [6.45, 7) is 6.94. The molecule has 1 atom stereocenters. The largest absolute Gasteiger partial charge is 0.457 e. The van der Waals surface area contributed by atoms with Crippen molar-refractivity contribution in [2.24, 2.45) is 5.41 Å². The van der Waals surface area contributed by atoms with Crippen molar-refractivity contribution in [3.63, 3.8) is 0 Å². The highest BCUT2D eigenvalue weighted by atomic mass is 16.6. The number of carbonyl (C=O) groups is 3. The third-order valence-corrected chi connectivity index (χ3v) is 3.48. The van der Waals surface area contributed by atoms with Gasteiger partial charge in [-0.25, -0.2) is 4.79 Å². The Labute approximate surface area is 146 Å². The number of nitrogens with one attached hydrogen (secondary N) is 1. The zero-order chi connectivity index (χ0) is 18.6. The second-order valence-electron chi connectivity index (χ2n) is 6.67. The van der Waals surface area contributed by atoms with E-state index >= 15 is 0 Å². The molecule has 0 radical (unpaired) electrons. The standard InChI is InChI=1S/C19H21NO5/c1-12(25-17(22)15-6-5-11-24-15)16(21)13-7-9-14(10-8-13)20-18(23)19(2,3)4/h5-12H,1-4H3,(H,20,23)/t12-/m0/s1. The molecule has 1 aromatic heterocycles. The molecule has 6 heteroatoms. The SMILES string of the molecule is C[C@H](OC(=O)c1ccco1)C(=O)c1ccc(NC(=O)C(C)(C)C)cc1. The minimum Gasteiger partial charge on any atom is -0.457 e. The number of furan rings is 1. The van der Waals surface area contributed by atoms with Gasteiger partial charge in [0.15, 0.2) is 6.10 Å². The van der Waals surface area contributed by atoms with E-state index in [2.05, 4.69) is 5.32 Å². The number of ketones is 1. The number of carbonyl (C=O) groups excluding carboxylic acids is 3. The van der Waals surface area contributed by atoms with Gasteiger partial charge >= 0.3 is 5.97 Å². The lowest BCUT2D eigenvalue weighted by Gasteiger charge is -2.18. The van der Waals surface area contributed by atoms with Gasteiger partial charge in [0.2, 0.25) is 17.5 Å². The summed E-state index contributed by atoms with van der Waals surface area (Å²) in [5.41, 5.74) is 0.466. The van der Waals surface area contributed by atoms with Crippen molar-refractivity contribution in [3.8, 4) is 0 Å². The Morgan fingerprint density at radius 3 is 2.24 bits per heavy atom. The van der Waals surface area contributed by atoms with Gasteiger partial charge in [0.05, 0.1) is 6.26 Å². The first kappa shape index (κ1) is 18.4. The van der Waals surface area contributed by atoms with E-state index in [1.807, 2.05) is 20.8 Å². The van der Waals surface area contributed by atoms with Crippen molar-refractivity contribution in [3.05, 3.63) is 54.0 Å². The normalized spacial score (nSPS) is 12.3. The number of ether oxygens (including phenoxy) is 1. The third kappa shape index (κ3) is 4.79. The summed E-state index contributed by atoms with van der Waals surface area (Å²) in [6, 6.07) is 9.46. The predicted molar refractivity (Wildman–Crippen MR) is 92.4 cm³/mol. The van der Waals surface area contributed by atoms with Crippen LogP contribution >= 0.6 is 0 Å². The number of rotatable bonds is 5. The first-order valence-corrected chi connectivity index (χ1v) is 7.88. The van der Waals surface area contributed by atoms with Gasteiger partial charge < -0.3 is 14.5 Å². The molecule has 6 nitrogen and oxygen atoms in total. The zero-order valence-corrected chi connectivity index (χ0v) is 14.7. The lowest BCUT2D eigenvalue weighted by molar-refractivity contribution is -0.123. The summed E-state index contributed by atoms with van der Waals surface area (Å²) in [4.78, 5) is 36.1. The van der Waals surface area contributed by atoms with E-state index in [4.69, 9.17) is 9.15 Å². The summed E-state index contributed by atoms with van der Waals surface area (Å²) >= 11 is 0. The monoisotopic (exact) mass is 343 g/mol. The molecule has 0 saturated heterocycles. The molecule has 0 spiro atoms. The van der Waals surface area contributed by atoms with Crippen LogP contribution in [0.2, 0.25) is 0 Å². The fourth-order valence-corrected chi connectivity index (χ4v) is 1.94. The van der Waals surface area contributed by atoms with Crippen molar-refractivity contribution in [2.45, 2.75) is 33.8 Å². The van der Waals surface area contributed by atoms with Gasteiger partial charge in [-0.2, -0.15) is 0 Å². The van der Waals surface area contributed by atoms with Crippen LogP contribution < -0.4 is 5.32 Å². The lowest BCUT2D eigenvalue weighted by atomic mass is 9.95. The van der Waals surface area contributed by atoms with Crippen molar-refractivity contribution in [1.29, 1.82) is 0 Å². The second-order valence-corrected chi connectivity index (χ2v) is 6.67. The van der Waals surface area contributed by atoms with Crippen LogP contribution in [0.4, 0.5) is 5.69 Å². The molecule has 0 fully saturated rings. The molecule has 1 heterocycles. The van der Waals surface area contributed by atoms with Crippen LogP contribution in [0.3, 0.4) is 0 Å². The highest BCUT2D eigenvalue weighted by molar-refractivity contribution is 6.01. The Balaban J connectivity index is 2.00. The van der Waals surface area contributed by atoms with Crippen molar-refractivity contribution < 1.29 is 23.5 Å². The molecule has 0 aliphatic carbocycles. The van der Waals surface area contributed by atoms with Gasteiger partial charge in [-0.1, -0.05) is 20.8 Å². The molecule has 0 aliphatic heterocycles. The van der Waals surface area contributed by atoms with E-state index in [-0.39, 0.29) is 17.5 Å². The van der Waals surface area contributed by atoms with Crippen LogP contribution in [-0.4, -0.2) is 23.8 Å². The molecule has 25 heavy (non-hydrogen) atoms. The zero-order valence-electron chi connectivity index (χ0n) is 14.7. The molecule has 0 unspecified atom stereocenters. The van der Waals surface area contributed by atoms with E-state index in [9.17, 15) is 14.4 Å². The van der Waals surface area contributed by atoms with Crippen molar-refractivity contribution in [2.75, 3.05) is 5.32 Å². The van der Waals surface area contributed by atoms with Gasteiger partial charge in [-0.3, -0.25) is 9.59 Å². The third-order valence-electron chi connectivity index (χ3n) is 3.48. The molecule has 1 N–H and O–H groups in total. The maximum Gasteiger partial charge on any atom is 0.374 e. The van der Waals surface area contributed by atoms with Gasteiger partial charge in [0.1, 0.15) is 0 Å². The maximum atomic E-state index is 12.3. The number of amides is 1. The van der Waals surface area contributed by atoms with Crippen molar-refractivity contribution in [1.82, 2.24) is 0 Å².